The van der Waals surface area contributed by atoms with E-state index in [-0.39, 0.29) is 0 Å². The van der Waals surface area contributed by atoms with Crippen LogP contribution in [0.4, 0.5) is 10.5 Å². The predicted octanol–water partition coefficient (Wildman–Crippen LogP) is 3.40. The molecule has 6 nitrogen and oxygen atoms in total. The summed E-state index contributed by atoms with van der Waals surface area (Å²) in [6.45, 7) is 1.14. The number of amides is 4. The summed E-state index contributed by atoms with van der Waals surface area (Å²) in [5, 5.41) is 6.04. The minimum Gasteiger partial charge on any atom is -0.324 e. The number of nitrogens with zero attached hydrogens (tertiary/aromatic N) is 1. The van der Waals surface area contributed by atoms with Gasteiger partial charge in [-0.2, -0.15) is 0 Å². The number of imide groups is 1. The fraction of sp³-hybridized carbons (Fsp3) is 0.167. The van der Waals surface area contributed by atoms with Crippen LogP contribution in [0.25, 0.3) is 0 Å². The van der Waals surface area contributed by atoms with Gasteiger partial charge in [0.05, 0.1) is 0 Å². The van der Waals surface area contributed by atoms with Crippen molar-refractivity contribution in [3.8, 4) is 0 Å². The van der Waals surface area contributed by atoms with Crippen LogP contribution in [0, 0.1) is 0 Å². The van der Waals surface area contributed by atoms with E-state index in [2.05, 4.69) is 10.6 Å². The molecule has 0 aliphatic carbocycles. The second-order valence-electron chi connectivity index (χ2n) is 5.98. The van der Waals surface area contributed by atoms with Crippen LogP contribution in [0.3, 0.4) is 0 Å². The van der Waals surface area contributed by atoms with E-state index in [0.29, 0.717) is 21.3 Å². The highest BCUT2D eigenvalue weighted by atomic mass is 35.5. The Bertz CT molecular complexity index is 903. The Labute approximate surface area is 160 Å². The second-order valence-corrected chi connectivity index (χ2v) is 6.83. The number of urea groups is 1. The van der Waals surface area contributed by atoms with Crippen molar-refractivity contribution in [2.75, 3.05) is 11.9 Å². The fourth-order valence-electron chi connectivity index (χ4n) is 2.80. The average Bonchev–Trinajstić information content (AvgIpc) is 2.79. The van der Waals surface area contributed by atoms with E-state index < -0.39 is 29.9 Å². The summed E-state index contributed by atoms with van der Waals surface area (Å²) in [6.07, 6.45) is 0. The number of hydrogen-bond acceptors (Lipinski definition) is 3. The highest BCUT2D eigenvalue weighted by Crippen LogP contribution is 2.33. The Kier molecular flexibility index (Phi) is 4.89. The zero-order valence-electron chi connectivity index (χ0n) is 13.8. The van der Waals surface area contributed by atoms with Crippen molar-refractivity contribution in [1.29, 1.82) is 0 Å². The molecule has 3 rings (SSSR count). The molecule has 0 aromatic heterocycles. The molecule has 0 spiro atoms. The lowest BCUT2D eigenvalue weighted by Gasteiger charge is -2.23. The zero-order valence-corrected chi connectivity index (χ0v) is 15.3. The molecular formula is C18H15Cl2N3O3. The summed E-state index contributed by atoms with van der Waals surface area (Å²) in [5.41, 5.74) is -0.382. The first-order chi connectivity index (χ1) is 12.3. The minimum atomic E-state index is -1.33. The number of rotatable bonds is 4. The van der Waals surface area contributed by atoms with Gasteiger partial charge in [0.2, 0.25) is 5.91 Å². The number of nitrogens with one attached hydrogen (secondary N) is 2. The first-order valence-electron chi connectivity index (χ1n) is 7.76. The fourth-order valence-corrected chi connectivity index (χ4v) is 3.32. The highest BCUT2D eigenvalue weighted by Gasteiger charge is 2.50. The number of carbonyl (C=O) groups excluding carboxylic acids is 3. The molecule has 26 heavy (non-hydrogen) atoms. The maximum absolute atomic E-state index is 12.8. The quantitative estimate of drug-likeness (QED) is 0.783. The predicted molar refractivity (Wildman–Crippen MR) is 99.1 cm³/mol. The SMILES string of the molecule is C[C@@]1(c2ccccc2Cl)NC(=O)N(CC(=O)Nc2cccc(Cl)c2)C1=O. The van der Waals surface area contributed by atoms with Gasteiger partial charge in [0.25, 0.3) is 5.91 Å². The highest BCUT2D eigenvalue weighted by molar-refractivity contribution is 6.32. The summed E-state index contributed by atoms with van der Waals surface area (Å²) < 4.78 is 0. The lowest BCUT2D eigenvalue weighted by molar-refractivity contribution is -0.133. The van der Waals surface area contributed by atoms with Crippen molar-refractivity contribution < 1.29 is 14.4 Å². The largest absolute Gasteiger partial charge is 0.325 e. The van der Waals surface area contributed by atoms with Crippen LogP contribution in [0.15, 0.2) is 48.5 Å². The molecule has 0 saturated carbocycles. The van der Waals surface area contributed by atoms with E-state index in [4.69, 9.17) is 23.2 Å². The van der Waals surface area contributed by atoms with Crippen LogP contribution >= 0.6 is 23.2 Å². The maximum atomic E-state index is 12.8. The molecule has 0 bridgehead atoms. The van der Waals surface area contributed by atoms with Crippen molar-refractivity contribution in [2.24, 2.45) is 0 Å². The van der Waals surface area contributed by atoms with Gasteiger partial charge < -0.3 is 10.6 Å². The summed E-state index contributed by atoms with van der Waals surface area (Å²) in [4.78, 5) is 38.2. The van der Waals surface area contributed by atoms with Gasteiger partial charge in [-0.1, -0.05) is 47.5 Å². The Morgan fingerprint density at radius 3 is 2.58 bits per heavy atom. The van der Waals surface area contributed by atoms with Gasteiger partial charge >= 0.3 is 6.03 Å². The lowest BCUT2D eigenvalue weighted by atomic mass is 9.92. The van der Waals surface area contributed by atoms with Gasteiger partial charge in [0.15, 0.2) is 0 Å². The van der Waals surface area contributed by atoms with Crippen LogP contribution in [0.2, 0.25) is 10.0 Å². The number of halogens is 2. The number of benzene rings is 2. The first-order valence-corrected chi connectivity index (χ1v) is 8.51. The summed E-state index contributed by atoms with van der Waals surface area (Å²) in [5.74, 6) is -1.06. The Balaban J connectivity index is 1.77. The van der Waals surface area contributed by atoms with E-state index in [9.17, 15) is 14.4 Å². The van der Waals surface area contributed by atoms with E-state index in [0.717, 1.165) is 4.90 Å². The maximum Gasteiger partial charge on any atom is 0.325 e. The van der Waals surface area contributed by atoms with Crippen LogP contribution in [0.1, 0.15) is 12.5 Å². The van der Waals surface area contributed by atoms with Gasteiger partial charge in [-0.15, -0.1) is 0 Å². The van der Waals surface area contributed by atoms with Crippen molar-refractivity contribution in [3.63, 3.8) is 0 Å². The molecule has 2 N–H and O–H groups in total. The second kappa shape index (κ2) is 6.97. The molecule has 4 amide bonds. The molecule has 1 aliphatic rings. The number of carbonyl (C=O) groups is 3. The zero-order chi connectivity index (χ0) is 18.9. The van der Waals surface area contributed by atoms with E-state index >= 15 is 0 Å². The Hall–Kier alpha value is -2.57. The molecule has 1 heterocycles. The van der Waals surface area contributed by atoms with E-state index in [1.807, 2.05) is 0 Å². The van der Waals surface area contributed by atoms with Crippen LogP contribution < -0.4 is 10.6 Å². The molecule has 1 atom stereocenters. The molecule has 134 valence electrons. The van der Waals surface area contributed by atoms with Crippen molar-refractivity contribution in [2.45, 2.75) is 12.5 Å². The average molecular weight is 392 g/mol. The summed E-state index contributed by atoms with van der Waals surface area (Å²) >= 11 is 12.0. The molecule has 0 radical (unpaired) electrons. The third kappa shape index (κ3) is 3.38. The topological polar surface area (TPSA) is 78.5 Å². The van der Waals surface area contributed by atoms with Gasteiger partial charge in [-0.05, 0) is 31.2 Å². The van der Waals surface area contributed by atoms with Gasteiger partial charge in [0, 0.05) is 21.3 Å². The van der Waals surface area contributed by atoms with Gasteiger partial charge in [-0.3, -0.25) is 14.5 Å². The van der Waals surface area contributed by atoms with Crippen LogP contribution in [-0.4, -0.2) is 29.3 Å². The minimum absolute atomic E-state index is 0.355. The van der Waals surface area contributed by atoms with Crippen molar-refractivity contribution >= 4 is 46.7 Å². The normalized spacial score (nSPS) is 19.4. The molecule has 2 aromatic carbocycles. The molecule has 8 heteroatoms. The third-order valence-corrected chi connectivity index (χ3v) is 4.66. The van der Waals surface area contributed by atoms with E-state index in [1.54, 1.807) is 55.5 Å². The third-order valence-electron chi connectivity index (χ3n) is 4.10. The Morgan fingerprint density at radius 1 is 1.15 bits per heavy atom. The summed E-state index contributed by atoms with van der Waals surface area (Å²) in [7, 11) is 0. The van der Waals surface area contributed by atoms with E-state index in [1.165, 1.54) is 0 Å². The van der Waals surface area contributed by atoms with Crippen molar-refractivity contribution in [1.82, 2.24) is 10.2 Å². The van der Waals surface area contributed by atoms with Gasteiger partial charge in [-0.25, -0.2) is 4.79 Å². The Morgan fingerprint density at radius 2 is 1.88 bits per heavy atom. The number of anilines is 1. The molecule has 0 unspecified atom stereocenters. The number of hydrogen-bond donors (Lipinski definition) is 2. The molecule has 1 fully saturated rings. The molecule has 2 aromatic rings. The smallest absolute Gasteiger partial charge is 0.324 e. The molecular weight excluding hydrogens is 377 g/mol. The van der Waals surface area contributed by atoms with Crippen LogP contribution in [-0.2, 0) is 15.1 Å². The summed E-state index contributed by atoms with van der Waals surface area (Å²) in [6, 6.07) is 12.7. The lowest BCUT2D eigenvalue weighted by Crippen LogP contribution is -2.42. The standard InChI is InChI=1S/C18H15Cl2N3O3/c1-18(13-7-2-3-8-14(13)20)16(25)23(17(26)22-18)10-15(24)21-12-6-4-5-11(19)9-12/h2-9H,10H2,1H3,(H,21,24)(H,22,26)/t18-/m0/s1. The monoisotopic (exact) mass is 391 g/mol. The van der Waals surface area contributed by atoms with Crippen LogP contribution in [0.5, 0.6) is 0 Å². The van der Waals surface area contributed by atoms with Crippen molar-refractivity contribution in [3.05, 3.63) is 64.1 Å². The molecule has 1 aliphatic heterocycles. The molecule has 1 saturated heterocycles. The van der Waals surface area contributed by atoms with Gasteiger partial charge in [0.1, 0.15) is 12.1 Å². The first kappa shape index (κ1) is 18.2.